The highest BCUT2D eigenvalue weighted by molar-refractivity contribution is 6.03. The van der Waals surface area contributed by atoms with Crippen LogP contribution in [0.2, 0.25) is 0 Å². The van der Waals surface area contributed by atoms with Gasteiger partial charge in [0.05, 0.1) is 6.26 Å². The quantitative estimate of drug-likeness (QED) is 0.772. The summed E-state index contributed by atoms with van der Waals surface area (Å²) in [6.07, 6.45) is 0.963. The highest BCUT2D eigenvalue weighted by Crippen LogP contribution is 2.18. The van der Waals surface area contributed by atoms with Crippen LogP contribution in [-0.4, -0.2) is 48.5 Å². The van der Waals surface area contributed by atoms with Gasteiger partial charge in [-0.2, -0.15) is 0 Å². The van der Waals surface area contributed by atoms with Crippen LogP contribution in [0.3, 0.4) is 0 Å². The number of benzene rings is 1. The number of aryl methyl sites for hydroxylation is 1. The molecule has 0 radical (unpaired) electrons. The van der Waals surface area contributed by atoms with Crippen LogP contribution in [0.15, 0.2) is 41.0 Å². The maximum Gasteiger partial charge on any atom is 0.410 e. The van der Waals surface area contributed by atoms with Gasteiger partial charge < -0.3 is 24.7 Å². The summed E-state index contributed by atoms with van der Waals surface area (Å²) in [7, 11) is 1.61. The second-order valence-electron chi connectivity index (χ2n) is 7.62. The number of carbonyl (C=O) groups excluding carboxylic acids is 3. The molecule has 2 aromatic rings. The van der Waals surface area contributed by atoms with Crippen molar-refractivity contribution in [1.82, 2.24) is 10.2 Å². The van der Waals surface area contributed by atoms with Crippen molar-refractivity contribution < 1.29 is 23.5 Å². The van der Waals surface area contributed by atoms with Gasteiger partial charge in [-0.1, -0.05) is 6.07 Å². The third-order valence-electron chi connectivity index (χ3n) is 3.93. The summed E-state index contributed by atoms with van der Waals surface area (Å²) >= 11 is 0. The molecule has 156 valence electrons. The fraction of sp³-hybridized carbons (Fsp3) is 0.381. The van der Waals surface area contributed by atoms with E-state index in [2.05, 4.69) is 10.6 Å². The SMILES string of the molecule is Cc1ccc(C(=O)NCCN(C)C(=O)OC(C)(C)C)cc1NC(=O)c1ccco1. The zero-order valence-electron chi connectivity index (χ0n) is 17.4. The molecule has 0 bridgehead atoms. The number of likely N-dealkylation sites (N-methyl/N-ethyl adjacent to an activating group) is 1. The molecule has 0 aliphatic rings. The summed E-state index contributed by atoms with van der Waals surface area (Å²) in [6.45, 7) is 7.76. The molecule has 0 fully saturated rings. The van der Waals surface area contributed by atoms with Gasteiger partial charge in [-0.05, 0) is 57.5 Å². The molecule has 29 heavy (non-hydrogen) atoms. The molecule has 0 saturated carbocycles. The number of hydrogen-bond acceptors (Lipinski definition) is 5. The number of ether oxygens (including phenoxy) is 1. The van der Waals surface area contributed by atoms with E-state index in [1.807, 2.05) is 6.92 Å². The van der Waals surface area contributed by atoms with Crippen molar-refractivity contribution in [1.29, 1.82) is 0 Å². The van der Waals surface area contributed by atoms with Crippen molar-refractivity contribution in [3.8, 4) is 0 Å². The normalized spacial score (nSPS) is 10.9. The summed E-state index contributed by atoms with van der Waals surface area (Å²) in [5.74, 6) is -0.518. The number of rotatable bonds is 6. The summed E-state index contributed by atoms with van der Waals surface area (Å²) in [5, 5.41) is 5.49. The Kier molecular flexibility index (Phi) is 7.03. The van der Waals surface area contributed by atoms with Crippen molar-refractivity contribution in [2.45, 2.75) is 33.3 Å². The first-order chi connectivity index (χ1) is 13.6. The molecule has 2 rings (SSSR count). The predicted octanol–water partition coefficient (Wildman–Crippen LogP) is 3.44. The van der Waals surface area contributed by atoms with E-state index < -0.39 is 17.6 Å². The van der Waals surface area contributed by atoms with Gasteiger partial charge in [-0.25, -0.2) is 4.79 Å². The number of furan rings is 1. The summed E-state index contributed by atoms with van der Waals surface area (Å²) in [6, 6.07) is 8.20. The maximum atomic E-state index is 12.4. The zero-order chi connectivity index (χ0) is 21.6. The lowest BCUT2D eigenvalue weighted by atomic mass is 10.1. The second-order valence-corrected chi connectivity index (χ2v) is 7.62. The molecule has 1 aromatic carbocycles. The molecule has 3 amide bonds. The van der Waals surface area contributed by atoms with Crippen LogP contribution in [-0.2, 0) is 4.74 Å². The highest BCUT2D eigenvalue weighted by Gasteiger charge is 2.19. The van der Waals surface area contributed by atoms with E-state index in [0.717, 1.165) is 5.56 Å². The number of nitrogens with zero attached hydrogens (tertiary/aromatic N) is 1. The van der Waals surface area contributed by atoms with Gasteiger partial charge in [0.15, 0.2) is 5.76 Å². The first-order valence-corrected chi connectivity index (χ1v) is 9.24. The molecule has 0 aliphatic carbocycles. The Morgan fingerprint density at radius 2 is 1.86 bits per heavy atom. The zero-order valence-corrected chi connectivity index (χ0v) is 17.4. The number of carbonyl (C=O) groups is 3. The Bertz CT molecular complexity index is 869. The molecular weight excluding hydrogens is 374 g/mol. The average molecular weight is 401 g/mol. The van der Waals surface area contributed by atoms with Crippen LogP contribution in [0.5, 0.6) is 0 Å². The van der Waals surface area contributed by atoms with E-state index in [1.165, 1.54) is 11.2 Å². The lowest BCUT2D eigenvalue weighted by Gasteiger charge is -2.24. The van der Waals surface area contributed by atoms with Crippen LogP contribution in [0.1, 0.15) is 47.2 Å². The molecule has 8 nitrogen and oxygen atoms in total. The number of nitrogens with one attached hydrogen (secondary N) is 2. The minimum atomic E-state index is -0.576. The van der Waals surface area contributed by atoms with E-state index in [0.29, 0.717) is 17.8 Å². The first kappa shape index (κ1) is 22.0. The van der Waals surface area contributed by atoms with Crippen molar-refractivity contribution in [2.75, 3.05) is 25.5 Å². The molecule has 2 N–H and O–H groups in total. The lowest BCUT2D eigenvalue weighted by molar-refractivity contribution is 0.0299. The van der Waals surface area contributed by atoms with Gasteiger partial charge in [0, 0.05) is 31.4 Å². The van der Waals surface area contributed by atoms with Gasteiger partial charge in [-0.3, -0.25) is 9.59 Å². The van der Waals surface area contributed by atoms with Crippen molar-refractivity contribution in [3.05, 3.63) is 53.5 Å². The number of anilines is 1. The van der Waals surface area contributed by atoms with Crippen molar-refractivity contribution >= 4 is 23.6 Å². The molecule has 0 unspecified atom stereocenters. The summed E-state index contributed by atoms with van der Waals surface area (Å²) < 4.78 is 10.3. The molecule has 0 atom stereocenters. The second kappa shape index (κ2) is 9.27. The van der Waals surface area contributed by atoms with Crippen molar-refractivity contribution in [3.63, 3.8) is 0 Å². The number of amides is 3. The predicted molar refractivity (Wildman–Crippen MR) is 109 cm³/mol. The molecular formula is C21H27N3O5. The summed E-state index contributed by atoms with van der Waals surface area (Å²) in [4.78, 5) is 37.9. The third-order valence-corrected chi connectivity index (χ3v) is 3.93. The van der Waals surface area contributed by atoms with Crippen LogP contribution in [0, 0.1) is 6.92 Å². The van der Waals surface area contributed by atoms with Crippen molar-refractivity contribution in [2.24, 2.45) is 0 Å². The fourth-order valence-corrected chi connectivity index (χ4v) is 2.36. The van der Waals surface area contributed by atoms with E-state index in [-0.39, 0.29) is 18.2 Å². The number of hydrogen-bond donors (Lipinski definition) is 2. The van der Waals surface area contributed by atoms with E-state index in [1.54, 1.807) is 58.2 Å². The molecule has 0 saturated heterocycles. The largest absolute Gasteiger partial charge is 0.459 e. The standard InChI is InChI=1S/C21H27N3O5/c1-14-8-9-15(13-16(14)23-19(26)17-7-6-12-28-17)18(25)22-10-11-24(5)20(27)29-21(2,3)4/h6-9,12-13H,10-11H2,1-5H3,(H,22,25)(H,23,26). The Hall–Kier alpha value is -3.29. The van der Waals surface area contributed by atoms with Gasteiger partial charge in [0.25, 0.3) is 11.8 Å². The average Bonchev–Trinajstić information content (AvgIpc) is 3.16. The topological polar surface area (TPSA) is 101 Å². The molecule has 8 heteroatoms. The highest BCUT2D eigenvalue weighted by atomic mass is 16.6. The van der Waals surface area contributed by atoms with Gasteiger partial charge in [0.2, 0.25) is 0 Å². The first-order valence-electron chi connectivity index (χ1n) is 9.24. The molecule has 1 aromatic heterocycles. The Morgan fingerprint density at radius 3 is 2.48 bits per heavy atom. The smallest absolute Gasteiger partial charge is 0.410 e. The lowest BCUT2D eigenvalue weighted by Crippen LogP contribution is -2.39. The maximum absolute atomic E-state index is 12.4. The van der Waals surface area contributed by atoms with E-state index >= 15 is 0 Å². The van der Waals surface area contributed by atoms with E-state index in [4.69, 9.17) is 9.15 Å². The Balaban J connectivity index is 1.92. The van der Waals surface area contributed by atoms with Gasteiger partial charge in [-0.15, -0.1) is 0 Å². The van der Waals surface area contributed by atoms with Crippen LogP contribution in [0.4, 0.5) is 10.5 Å². The van der Waals surface area contributed by atoms with Gasteiger partial charge >= 0.3 is 6.09 Å². The van der Waals surface area contributed by atoms with Crippen LogP contribution >= 0.6 is 0 Å². The Morgan fingerprint density at radius 1 is 1.14 bits per heavy atom. The molecule has 0 spiro atoms. The fourth-order valence-electron chi connectivity index (χ4n) is 2.36. The van der Waals surface area contributed by atoms with Crippen LogP contribution < -0.4 is 10.6 Å². The third kappa shape index (κ3) is 6.67. The monoisotopic (exact) mass is 401 g/mol. The van der Waals surface area contributed by atoms with Crippen LogP contribution in [0.25, 0.3) is 0 Å². The molecule has 1 heterocycles. The minimum Gasteiger partial charge on any atom is -0.459 e. The summed E-state index contributed by atoms with van der Waals surface area (Å²) in [5.41, 5.74) is 1.15. The minimum absolute atomic E-state index is 0.185. The molecule has 0 aliphatic heterocycles. The Labute approximate surface area is 170 Å². The van der Waals surface area contributed by atoms with Gasteiger partial charge in [0.1, 0.15) is 5.60 Å². The van der Waals surface area contributed by atoms with E-state index in [9.17, 15) is 14.4 Å².